The molecule has 213 valence electrons. The summed E-state index contributed by atoms with van der Waals surface area (Å²) in [6.07, 6.45) is 5.63. The molecule has 7 heteroatoms. The van der Waals surface area contributed by atoms with Gasteiger partial charge in [0.1, 0.15) is 12.1 Å². The van der Waals surface area contributed by atoms with E-state index in [-0.39, 0.29) is 11.8 Å². The summed E-state index contributed by atoms with van der Waals surface area (Å²) in [5.41, 5.74) is 5.63. The zero-order valence-corrected chi connectivity index (χ0v) is 24.1. The van der Waals surface area contributed by atoms with Gasteiger partial charge in [-0.3, -0.25) is 14.9 Å². The van der Waals surface area contributed by atoms with Crippen LogP contribution in [-0.2, 0) is 22.4 Å². The molecule has 2 aliphatic heterocycles. The van der Waals surface area contributed by atoms with Crippen LogP contribution in [0, 0.1) is 12.5 Å². The van der Waals surface area contributed by atoms with E-state index in [0.29, 0.717) is 30.5 Å². The van der Waals surface area contributed by atoms with Gasteiger partial charge in [0.25, 0.3) is 0 Å². The number of nitrogens with one attached hydrogen (secondary N) is 3. The van der Waals surface area contributed by atoms with Crippen LogP contribution < -0.4 is 16.0 Å². The topological polar surface area (TPSA) is 73.5 Å². The summed E-state index contributed by atoms with van der Waals surface area (Å²) in [6, 6.07) is 22.9. The van der Waals surface area contributed by atoms with E-state index >= 15 is 0 Å². The van der Waals surface area contributed by atoms with Crippen molar-refractivity contribution in [3.8, 4) is 0 Å². The number of carbonyl (C=O) groups is 2. The molecule has 6 rings (SSSR count). The molecular weight excluding hydrogens is 532 g/mol. The van der Waals surface area contributed by atoms with Crippen LogP contribution in [0.5, 0.6) is 0 Å². The molecule has 3 N–H and O–H groups in total. The highest BCUT2D eigenvalue weighted by Crippen LogP contribution is 2.35. The van der Waals surface area contributed by atoms with Crippen molar-refractivity contribution in [1.29, 1.82) is 0 Å². The number of carbonyl (C=O) groups excluding carboxylic acids is 2. The Kier molecular flexibility index (Phi) is 8.59. The lowest BCUT2D eigenvalue weighted by Gasteiger charge is -2.36. The number of hydrogen-bond acceptors (Lipinski definition) is 4. The molecule has 0 aromatic heterocycles. The van der Waals surface area contributed by atoms with Crippen molar-refractivity contribution in [2.24, 2.45) is 5.92 Å². The number of hydrogen-bond donors (Lipinski definition) is 3. The predicted molar refractivity (Wildman–Crippen MR) is 164 cm³/mol. The van der Waals surface area contributed by atoms with E-state index in [9.17, 15) is 9.59 Å². The highest BCUT2D eigenvalue weighted by molar-refractivity contribution is 6.30. The normalized spacial score (nSPS) is 19.7. The molecule has 1 radical (unpaired) electrons. The number of nitrogens with zero attached hydrogens (tertiary/aromatic N) is 1. The summed E-state index contributed by atoms with van der Waals surface area (Å²) in [7, 11) is 0. The van der Waals surface area contributed by atoms with Crippen LogP contribution in [0.4, 0.5) is 5.69 Å². The molecule has 0 bridgehead atoms. The average molecular weight is 570 g/mol. The molecule has 3 aliphatic rings. The number of benzene rings is 3. The van der Waals surface area contributed by atoms with Gasteiger partial charge in [0, 0.05) is 43.3 Å². The van der Waals surface area contributed by atoms with Crippen LogP contribution in [0.15, 0.2) is 72.8 Å². The number of amides is 2. The minimum Gasteiger partial charge on any atom is -0.385 e. The minimum atomic E-state index is -0.663. The Hall–Kier alpha value is -3.35. The summed E-state index contributed by atoms with van der Waals surface area (Å²) < 4.78 is 0. The van der Waals surface area contributed by atoms with Crippen LogP contribution in [0.2, 0.25) is 5.02 Å². The van der Waals surface area contributed by atoms with Gasteiger partial charge >= 0.3 is 0 Å². The van der Waals surface area contributed by atoms with Gasteiger partial charge in [-0.15, -0.1) is 0 Å². The smallest absolute Gasteiger partial charge is 0.245 e. The number of para-hydroxylation sites is 1. The van der Waals surface area contributed by atoms with E-state index in [2.05, 4.69) is 40.2 Å². The van der Waals surface area contributed by atoms with Gasteiger partial charge in [-0.1, -0.05) is 66.2 Å². The lowest BCUT2D eigenvalue weighted by atomic mass is 9.87. The Labute approximate surface area is 247 Å². The Balaban J connectivity index is 1.15. The third kappa shape index (κ3) is 6.77. The van der Waals surface area contributed by atoms with E-state index in [4.69, 9.17) is 11.6 Å². The van der Waals surface area contributed by atoms with Gasteiger partial charge in [-0.2, -0.15) is 0 Å². The van der Waals surface area contributed by atoms with E-state index in [1.165, 1.54) is 24.1 Å². The van der Waals surface area contributed by atoms with Crippen molar-refractivity contribution < 1.29 is 9.59 Å². The number of halogens is 1. The molecule has 2 heterocycles. The number of piperidine rings is 1. The zero-order chi connectivity index (χ0) is 28.2. The first-order valence-corrected chi connectivity index (χ1v) is 15.2. The van der Waals surface area contributed by atoms with Gasteiger partial charge in [-0.25, -0.2) is 0 Å². The third-order valence-corrected chi connectivity index (χ3v) is 8.94. The second-order valence-electron chi connectivity index (χ2n) is 11.6. The van der Waals surface area contributed by atoms with Gasteiger partial charge in [-0.05, 0) is 84.4 Å². The first-order chi connectivity index (χ1) is 20.0. The van der Waals surface area contributed by atoms with Gasteiger partial charge < -0.3 is 15.5 Å². The van der Waals surface area contributed by atoms with Crippen LogP contribution in [-0.4, -0.2) is 42.4 Å². The fourth-order valence-electron chi connectivity index (χ4n) is 6.13. The Morgan fingerprint density at radius 2 is 1.61 bits per heavy atom. The molecule has 41 heavy (non-hydrogen) atoms. The summed E-state index contributed by atoms with van der Waals surface area (Å²) in [5.74, 6) is 1.00. The number of rotatable bonds is 9. The SMILES string of the molecule is O=C(N[C@H](Cc1ccc(Cl)cc1)C(=O)N1CCC(c2ccccc2NCC2CC2)CC1)C1N[CH]Cc2ccccc21. The molecule has 1 aliphatic carbocycles. The summed E-state index contributed by atoms with van der Waals surface area (Å²) in [6.45, 7) is 4.31. The number of likely N-dealkylation sites (tertiary alicyclic amines) is 1. The predicted octanol–water partition coefficient (Wildman–Crippen LogP) is 5.64. The standard InChI is InChI=1S/C34H38ClN4O2/c35-27-13-11-23(12-14-27)21-31(38-33(40)32-29-7-2-1-5-25(29)15-18-36-32)34(41)39-19-16-26(17-20-39)28-6-3-4-8-30(28)37-22-24-9-10-24/h1-8,11-14,18,24,26,31-32,36-37H,9-10,15-17,19-22H2,(H,38,40)/t31-,32?/m1/s1. The molecule has 3 aromatic rings. The quantitative estimate of drug-likeness (QED) is 0.312. The fourth-order valence-corrected chi connectivity index (χ4v) is 6.25. The second-order valence-corrected chi connectivity index (χ2v) is 12.0. The van der Waals surface area contributed by atoms with Crippen LogP contribution >= 0.6 is 11.6 Å². The van der Waals surface area contributed by atoms with Crippen molar-refractivity contribution >= 4 is 29.1 Å². The Morgan fingerprint density at radius 3 is 2.37 bits per heavy atom. The molecule has 6 nitrogen and oxygen atoms in total. The number of anilines is 1. The maximum absolute atomic E-state index is 14.0. The van der Waals surface area contributed by atoms with Crippen molar-refractivity contribution in [3.05, 3.63) is 107 Å². The lowest BCUT2D eigenvalue weighted by molar-refractivity contribution is -0.137. The highest BCUT2D eigenvalue weighted by Gasteiger charge is 2.34. The van der Waals surface area contributed by atoms with E-state index in [0.717, 1.165) is 48.4 Å². The summed E-state index contributed by atoms with van der Waals surface area (Å²) in [5, 5.41) is 10.7. The molecule has 1 saturated carbocycles. The van der Waals surface area contributed by atoms with Crippen molar-refractivity contribution in [1.82, 2.24) is 15.5 Å². The molecule has 2 atom stereocenters. The van der Waals surface area contributed by atoms with E-state index < -0.39 is 12.1 Å². The van der Waals surface area contributed by atoms with Gasteiger partial charge in [0.2, 0.25) is 11.8 Å². The maximum Gasteiger partial charge on any atom is 0.245 e. The van der Waals surface area contributed by atoms with Crippen molar-refractivity contribution in [2.45, 2.75) is 56.5 Å². The van der Waals surface area contributed by atoms with Crippen LogP contribution in [0.1, 0.15) is 59.9 Å². The second kappa shape index (κ2) is 12.7. The first kappa shape index (κ1) is 27.8. The zero-order valence-electron chi connectivity index (χ0n) is 23.3. The Morgan fingerprint density at radius 1 is 0.902 bits per heavy atom. The maximum atomic E-state index is 14.0. The minimum absolute atomic E-state index is 0.0278. The molecule has 0 spiro atoms. The summed E-state index contributed by atoms with van der Waals surface area (Å²) >= 11 is 6.12. The average Bonchev–Trinajstić information content (AvgIpc) is 3.85. The largest absolute Gasteiger partial charge is 0.385 e. The molecule has 1 saturated heterocycles. The van der Waals surface area contributed by atoms with Crippen molar-refractivity contribution in [3.63, 3.8) is 0 Å². The summed E-state index contributed by atoms with van der Waals surface area (Å²) in [4.78, 5) is 29.5. The van der Waals surface area contributed by atoms with Crippen LogP contribution in [0.25, 0.3) is 0 Å². The van der Waals surface area contributed by atoms with Gasteiger partial charge in [0.05, 0.1) is 0 Å². The first-order valence-electron chi connectivity index (χ1n) is 14.9. The molecule has 3 aromatic carbocycles. The lowest BCUT2D eigenvalue weighted by Crippen LogP contribution is -2.53. The van der Waals surface area contributed by atoms with Crippen LogP contribution in [0.3, 0.4) is 0 Å². The molecule has 2 fully saturated rings. The molecule has 1 unspecified atom stereocenters. The van der Waals surface area contributed by atoms with E-state index in [1.54, 1.807) is 0 Å². The number of fused-ring (bicyclic) bond motifs is 1. The molecular formula is C34H38ClN4O2. The Bertz CT molecular complexity index is 1370. The third-order valence-electron chi connectivity index (χ3n) is 8.69. The van der Waals surface area contributed by atoms with E-state index in [1.807, 2.05) is 60.0 Å². The molecule has 2 amide bonds. The highest BCUT2D eigenvalue weighted by atomic mass is 35.5. The van der Waals surface area contributed by atoms with Gasteiger partial charge in [0.15, 0.2) is 0 Å². The fraction of sp³-hybridized carbons (Fsp3) is 0.382. The van der Waals surface area contributed by atoms with Crippen molar-refractivity contribution in [2.75, 3.05) is 25.0 Å². The monoisotopic (exact) mass is 569 g/mol.